The zero-order chi connectivity index (χ0) is 7.72. The van der Waals surface area contributed by atoms with Crippen LogP contribution >= 0.6 is 0 Å². The van der Waals surface area contributed by atoms with Crippen LogP contribution in [0.3, 0.4) is 0 Å². The number of aryl methyl sites for hydroxylation is 2. The normalized spacial score (nSPS) is 9.80. The van der Waals surface area contributed by atoms with Crippen molar-refractivity contribution in [3.63, 3.8) is 0 Å². The Hall–Kier alpha value is -1.25. The van der Waals surface area contributed by atoms with Crippen LogP contribution in [0.1, 0.15) is 15.9 Å². The monoisotopic (exact) mass is 138 g/mol. The fourth-order valence-electron chi connectivity index (χ4n) is 0.976. The van der Waals surface area contributed by atoms with Gasteiger partial charge in [-0.05, 0) is 12.5 Å². The number of hydrogen-bond acceptors (Lipinski definition) is 1. The van der Waals surface area contributed by atoms with Crippen molar-refractivity contribution in [2.45, 2.75) is 6.92 Å². The van der Waals surface area contributed by atoms with Gasteiger partial charge < -0.3 is 10.3 Å². The minimum Gasteiger partial charge on any atom is -0.366 e. The van der Waals surface area contributed by atoms with Gasteiger partial charge in [-0.2, -0.15) is 0 Å². The van der Waals surface area contributed by atoms with Crippen molar-refractivity contribution in [1.82, 2.24) is 4.57 Å². The summed E-state index contributed by atoms with van der Waals surface area (Å²) in [5, 5.41) is 0. The maximum absolute atomic E-state index is 10.6. The molecule has 54 valence electrons. The molecule has 0 aliphatic carbocycles. The molecule has 1 aromatic heterocycles. The fraction of sp³-hybridized carbons (Fsp3) is 0.286. The first-order valence-corrected chi connectivity index (χ1v) is 3.03. The second-order valence-electron chi connectivity index (χ2n) is 2.38. The predicted octanol–water partition coefficient (Wildman–Crippen LogP) is 0.432. The van der Waals surface area contributed by atoms with E-state index in [1.54, 1.807) is 6.20 Å². The molecule has 0 atom stereocenters. The average molecular weight is 138 g/mol. The number of nitrogens with zero attached hydrogens (tertiary/aromatic N) is 1. The van der Waals surface area contributed by atoms with E-state index in [0.29, 0.717) is 5.56 Å². The van der Waals surface area contributed by atoms with Gasteiger partial charge in [0.15, 0.2) is 0 Å². The summed E-state index contributed by atoms with van der Waals surface area (Å²) < 4.78 is 1.81. The van der Waals surface area contributed by atoms with Gasteiger partial charge in [-0.25, -0.2) is 0 Å². The molecule has 0 saturated carbocycles. The smallest absolute Gasteiger partial charge is 0.250 e. The Kier molecular flexibility index (Phi) is 1.49. The first-order chi connectivity index (χ1) is 4.61. The third-order valence-corrected chi connectivity index (χ3v) is 1.42. The molecule has 3 heteroatoms. The van der Waals surface area contributed by atoms with Gasteiger partial charge in [-0.3, -0.25) is 4.79 Å². The molecule has 0 aromatic carbocycles. The number of carbonyl (C=O) groups is 1. The number of primary amides is 1. The molecular formula is C7H10N2O. The average Bonchev–Trinajstić information content (AvgIpc) is 2.10. The van der Waals surface area contributed by atoms with Crippen LogP contribution in [-0.2, 0) is 7.05 Å². The van der Waals surface area contributed by atoms with Crippen LogP contribution in [0, 0.1) is 6.92 Å². The highest BCUT2D eigenvalue weighted by Crippen LogP contribution is 2.06. The van der Waals surface area contributed by atoms with E-state index in [-0.39, 0.29) is 5.91 Å². The molecule has 10 heavy (non-hydrogen) atoms. The molecule has 3 nitrogen and oxygen atoms in total. The minimum atomic E-state index is -0.363. The van der Waals surface area contributed by atoms with E-state index >= 15 is 0 Å². The zero-order valence-electron chi connectivity index (χ0n) is 6.09. The first kappa shape index (κ1) is 6.86. The van der Waals surface area contributed by atoms with Gasteiger partial charge in [0.25, 0.3) is 5.91 Å². The van der Waals surface area contributed by atoms with Crippen molar-refractivity contribution in [2.75, 3.05) is 0 Å². The number of aromatic nitrogens is 1. The zero-order valence-corrected chi connectivity index (χ0v) is 6.09. The van der Waals surface area contributed by atoms with E-state index in [0.717, 1.165) is 5.56 Å². The van der Waals surface area contributed by atoms with Gasteiger partial charge >= 0.3 is 0 Å². The molecule has 0 saturated heterocycles. The van der Waals surface area contributed by atoms with Crippen LogP contribution in [0.4, 0.5) is 0 Å². The molecular weight excluding hydrogens is 128 g/mol. The lowest BCUT2D eigenvalue weighted by Gasteiger charge is -1.87. The van der Waals surface area contributed by atoms with Crippen LogP contribution < -0.4 is 5.73 Å². The van der Waals surface area contributed by atoms with Crippen LogP contribution in [0.5, 0.6) is 0 Å². The fourth-order valence-corrected chi connectivity index (χ4v) is 0.976. The standard InChI is InChI=1S/C7H10N2O/c1-5-3-9(2)4-6(5)7(8)10/h3-4H,1-2H3,(H2,8,10). The van der Waals surface area contributed by atoms with E-state index in [1.807, 2.05) is 24.7 Å². The molecule has 0 unspecified atom stereocenters. The SMILES string of the molecule is Cc1cn(C)cc1C(N)=O. The lowest BCUT2D eigenvalue weighted by molar-refractivity contribution is 0.1000. The lowest BCUT2D eigenvalue weighted by atomic mass is 10.2. The van der Waals surface area contributed by atoms with Crippen molar-refractivity contribution in [2.24, 2.45) is 12.8 Å². The second kappa shape index (κ2) is 2.17. The van der Waals surface area contributed by atoms with Crippen molar-refractivity contribution < 1.29 is 4.79 Å². The van der Waals surface area contributed by atoms with E-state index in [9.17, 15) is 4.79 Å². The van der Waals surface area contributed by atoms with Gasteiger partial charge in [0, 0.05) is 19.4 Å². The quantitative estimate of drug-likeness (QED) is 0.601. The molecule has 1 rings (SSSR count). The van der Waals surface area contributed by atoms with Crippen LogP contribution in [0.25, 0.3) is 0 Å². The van der Waals surface area contributed by atoms with Crippen molar-refractivity contribution in [3.05, 3.63) is 23.5 Å². The van der Waals surface area contributed by atoms with E-state index in [4.69, 9.17) is 5.73 Å². The molecule has 1 amide bonds. The Morgan fingerprint density at radius 1 is 1.60 bits per heavy atom. The Morgan fingerprint density at radius 3 is 2.40 bits per heavy atom. The van der Waals surface area contributed by atoms with Crippen molar-refractivity contribution in [1.29, 1.82) is 0 Å². The van der Waals surface area contributed by atoms with Gasteiger partial charge in [-0.15, -0.1) is 0 Å². The highest BCUT2D eigenvalue weighted by molar-refractivity contribution is 5.94. The highest BCUT2D eigenvalue weighted by Gasteiger charge is 2.05. The largest absolute Gasteiger partial charge is 0.366 e. The third-order valence-electron chi connectivity index (χ3n) is 1.42. The number of nitrogens with two attached hydrogens (primary N) is 1. The lowest BCUT2D eigenvalue weighted by Crippen LogP contribution is -2.10. The molecule has 0 aliphatic heterocycles. The third kappa shape index (κ3) is 1.03. The van der Waals surface area contributed by atoms with Crippen molar-refractivity contribution in [3.8, 4) is 0 Å². The Labute approximate surface area is 59.4 Å². The van der Waals surface area contributed by atoms with E-state index in [2.05, 4.69) is 0 Å². The highest BCUT2D eigenvalue weighted by atomic mass is 16.1. The number of hydrogen-bond donors (Lipinski definition) is 1. The Balaban J connectivity index is 3.15. The summed E-state index contributed by atoms with van der Waals surface area (Å²) in [6, 6.07) is 0. The summed E-state index contributed by atoms with van der Waals surface area (Å²) in [4.78, 5) is 10.6. The summed E-state index contributed by atoms with van der Waals surface area (Å²) in [5.41, 5.74) is 6.60. The molecule has 0 aliphatic rings. The van der Waals surface area contributed by atoms with Crippen molar-refractivity contribution >= 4 is 5.91 Å². The van der Waals surface area contributed by atoms with E-state index < -0.39 is 0 Å². The predicted molar refractivity (Wildman–Crippen MR) is 38.7 cm³/mol. The molecule has 2 N–H and O–H groups in total. The Morgan fingerprint density at radius 2 is 2.20 bits per heavy atom. The van der Waals surface area contributed by atoms with Gasteiger partial charge in [-0.1, -0.05) is 0 Å². The van der Waals surface area contributed by atoms with E-state index in [1.165, 1.54) is 0 Å². The molecule has 0 bridgehead atoms. The number of amides is 1. The minimum absolute atomic E-state index is 0.363. The number of carbonyl (C=O) groups excluding carboxylic acids is 1. The first-order valence-electron chi connectivity index (χ1n) is 3.03. The van der Waals surface area contributed by atoms with Crippen LogP contribution in [0.15, 0.2) is 12.4 Å². The summed E-state index contributed by atoms with van der Waals surface area (Å²) in [5.74, 6) is -0.363. The Bertz CT molecular complexity index is 263. The molecule has 0 fully saturated rings. The second-order valence-corrected chi connectivity index (χ2v) is 2.38. The summed E-state index contributed by atoms with van der Waals surface area (Å²) in [6.45, 7) is 1.86. The summed E-state index contributed by atoms with van der Waals surface area (Å²) in [6.07, 6.45) is 3.58. The number of rotatable bonds is 1. The van der Waals surface area contributed by atoms with Gasteiger partial charge in [0.2, 0.25) is 0 Å². The van der Waals surface area contributed by atoms with Gasteiger partial charge in [0.05, 0.1) is 5.56 Å². The summed E-state index contributed by atoms with van der Waals surface area (Å²) >= 11 is 0. The van der Waals surface area contributed by atoms with Crippen LogP contribution in [-0.4, -0.2) is 10.5 Å². The topological polar surface area (TPSA) is 48.0 Å². The molecule has 1 aromatic rings. The maximum Gasteiger partial charge on any atom is 0.250 e. The van der Waals surface area contributed by atoms with Crippen LogP contribution in [0.2, 0.25) is 0 Å². The summed E-state index contributed by atoms with van der Waals surface area (Å²) in [7, 11) is 1.86. The van der Waals surface area contributed by atoms with Gasteiger partial charge in [0.1, 0.15) is 0 Å². The molecule has 0 radical (unpaired) electrons. The maximum atomic E-state index is 10.6. The molecule has 0 spiro atoms. The molecule has 1 heterocycles.